The third kappa shape index (κ3) is 5.03. The fourth-order valence-electron chi connectivity index (χ4n) is 2.88. The standard InChI is InChI=1S/C21H18IN3O5/c1-11(26)24-18-6-3-13(7-19(18)30-12(2)27)9-23-10-17-16-8-14(22)4-5-15(16)20(28)25-21(17)29/h3-8,10H,9H2,1-2H3,(H,24,26)(H2,25,28,29). The number of rotatable bonds is 5. The van der Waals surface area contributed by atoms with Crippen molar-refractivity contribution in [2.45, 2.75) is 20.4 Å². The number of aliphatic imine (C=N–C) groups is 1. The minimum Gasteiger partial charge on any atom is -0.494 e. The molecule has 0 aliphatic rings. The van der Waals surface area contributed by atoms with Crippen molar-refractivity contribution in [3.8, 4) is 11.6 Å². The molecule has 3 N–H and O–H groups in total. The van der Waals surface area contributed by atoms with Crippen LogP contribution in [0.2, 0.25) is 0 Å². The summed E-state index contributed by atoms with van der Waals surface area (Å²) in [6.07, 6.45) is 1.48. The molecule has 0 saturated carbocycles. The molecule has 0 fully saturated rings. The lowest BCUT2D eigenvalue weighted by molar-refractivity contribution is -0.131. The van der Waals surface area contributed by atoms with Crippen molar-refractivity contribution in [3.63, 3.8) is 0 Å². The summed E-state index contributed by atoms with van der Waals surface area (Å²) in [7, 11) is 0. The van der Waals surface area contributed by atoms with Crippen molar-refractivity contribution in [2.24, 2.45) is 4.99 Å². The maximum absolute atomic E-state index is 12.1. The molecule has 1 heterocycles. The molecule has 9 heteroatoms. The minimum absolute atomic E-state index is 0.220. The molecule has 0 radical (unpaired) electrons. The first-order chi connectivity index (χ1) is 14.2. The number of carbonyl (C=O) groups is 2. The van der Waals surface area contributed by atoms with Crippen LogP contribution in [-0.2, 0) is 16.1 Å². The maximum Gasteiger partial charge on any atom is 0.308 e. The van der Waals surface area contributed by atoms with Gasteiger partial charge in [-0.3, -0.25) is 24.4 Å². The van der Waals surface area contributed by atoms with Crippen LogP contribution in [0.4, 0.5) is 5.69 Å². The molecule has 0 saturated heterocycles. The average molecular weight is 519 g/mol. The minimum atomic E-state index is -0.513. The van der Waals surface area contributed by atoms with E-state index >= 15 is 0 Å². The van der Waals surface area contributed by atoms with Gasteiger partial charge < -0.3 is 15.2 Å². The number of aromatic nitrogens is 1. The van der Waals surface area contributed by atoms with Gasteiger partial charge in [0.25, 0.3) is 5.56 Å². The molecule has 30 heavy (non-hydrogen) atoms. The van der Waals surface area contributed by atoms with Crippen LogP contribution in [-0.4, -0.2) is 28.2 Å². The normalized spacial score (nSPS) is 11.0. The Labute approximate surface area is 185 Å². The number of fused-ring (bicyclic) bond motifs is 1. The quantitative estimate of drug-likeness (QED) is 0.207. The van der Waals surface area contributed by atoms with E-state index in [0.717, 1.165) is 9.13 Å². The lowest BCUT2D eigenvalue weighted by Gasteiger charge is -2.10. The van der Waals surface area contributed by atoms with Crippen molar-refractivity contribution in [2.75, 3.05) is 5.32 Å². The second-order valence-electron chi connectivity index (χ2n) is 6.48. The van der Waals surface area contributed by atoms with Crippen LogP contribution in [0.1, 0.15) is 25.0 Å². The summed E-state index contributed by atoms with van der Waals surface area (Å²) in [5.41, 5.74) is 1.12. The van der Waals surface area contributed by atoms with Crippen molar-refractivity contribution >= 4 is 57.1 Å². The Bertz CT molecular complexity index is 1230. The monoisotopic (exact) mass is 519 g/mol. The number of benzene rings is 2. The van der Waals surface area contributed by atoms with Crippen molar-refractivity contribution in [1.82, 2.24) is 4.98 Å². The SMILES string of the molecule is CC(=O)Nc1ccc(CN=Cc2c(O)[nH]c(=O)c3ccc(I)cc23)cc1OC(C)=O. The molecule has 0 unspecified atom stereocenters. The Balaban J connectivity index is 1.92. The number of esters is 1. The Morgan fingerprint density at radius 3 is 2.67 bits per heavy atom. The van der Waals surface area contributed by atoms with Crippen LogP contribution in [0, 0.1) is 3.57 Å². The Hall–Kier alpha value is -3.21. The number of pyridine rings is 1. The third-order valence-corrected chi connectivity index (χ3v) is 4.78. The van der Waals surface area contributed by atoms with E-state index in [0.29, 0.717) is 22.0 Å². The number of hydrogen-bond donors (Lipinski definition) is 3. The van der Waals surface area contributed by atoms with Crippen LogP contribution >= 0.6 is 22.6 Å². The highest BCUT2D eigenvalue weighted by atomic mass is 127. The highest BCUT2D eigenvalue weighted by molar-refractivity contribution is 14.1. The molecule has 0 atom stereocenters. The fourth-order valence-corrected chi connectivity index (χ4v) is 3.37. The number of halogens is 1. The molecule has 2 aromatic carbocycles. The van der Waals surface area contributed by atoms with Gasteiger partial charge in [-0.2, -0.15) is 0 Å². The predicted octanol–water partition coefficient (Wildman–Crippen LogP) is 3.34. The summed E-state index contributed by atoms with van der Waals surface area (Å²) in [5, 5.41) is 13.8. The number of anilines is 1. The van der Waals surface area contributed by atoms with Gasteiger partial charge in [0.05, 0.1) is 17.8 Å². The Morgan fingerprint density at radius 2 is 1.97 bits per heavy atom. The first-order valence-corrected chi connectivity index (χ1v) is 9.95. The smallest absolute Gasteiger partial charge is 0.308 e. The molecule has 1 amide bonds. The largest absolute Gasteiger partial charge is 0.494 e. The summed E-state index contributed by atoms with van der Waals surface area (Å²) in [6, 6.07) is 10.3. The zero-order valence-electron chi connectivity index (χ0n) is 16.2. The van der Waals surface area contributed by atoms with E-state index in [1.807, 2.05) is 6.07 Å². The van der Waals surface area contributed by atoms with E-state index in [4.69, 9.17) is 4.74 Å². The lowest BCUT2D eigenvalue weighted by Crippen LogP contribution is -2.10. The van der Waals surface area contributed by atoms with E-state index in [2.05, 4.69) is 37.9 Å². The van der Waals surface area contributed by atoms with Crippen LogP contribution in [0.3, 0.4) is 0 Å². The van der Waals surface area contributed by atoms with Crippen molar-refractivity contribution in [1.29, 1.82) is 0 Å². The number of amides is 1. The van der Waals surface area contributed by atoms with Gasteiger partial charge in [0.1, 0.15) is 0 Å². The summed E-state index contributed by atoms with van der Waals surface area (Å²) in [4.78, 5) is 41.5. The van der Waals surface area contributed by atoms with Gasteiger partial charge in [-0.05, 0) is 58.5 Å². The molecular weight excluding hydrogens is 501 g/mol. The Kier molecular flexibility index (Phi) is 6.50. The van der Waals surface area contributed by atoms with Crippen molar-refractivity contribution < 1.29 is 19.4 Å². The summed E-state index contributed by atoms with van der Waals surface area (Å²) < 4.78 is 6.08. The highest BCUT2D eigenvalue weighted by Crippen LogP contribution is 2.27. The van der Waals surface area contributed by atoms with Gasteiger partial charge in [-0.15, -0.1) is 0 Å². The Morgan fingerprint density at radius 1 is 1.20 bits per heavy atom. The predicted molar refractivity (Wildman–Crippen MR) is 122 cm³/mol. The molecular formula is C21H18IN3O5. The molecule has 1 aromatic heterocycles. The van der Waals surface area contributed by atoms with Gasteiger partial charge in [0.2, 0.25) is 11.8 Å². The van der Waals surface area contributed by atoms with Gasteiger partial charge in [-0.1, -0.05) is 6.07 Å². The van der Waals surface area contributed by atoms with Crippen LogP contribution in [0.5, 0.6) is 11.6 Å². The third-order valence-electron chi connectivity index (χ3n) is 4.11. The van der Waals surface area contributed by atoms with Crippen LogP contribution in [0.25, 0.3) is 10.8 Å². The van der Waals surface area contributed by atoms with Gasteiger partial charge in [0.15, 0.2) is 5.75 Å². The zero-order chi connectivity index (χ0) is 21.8. The van der Waals surface area contributed by atoms with E-state index in [9.17, 15) is 19.5 Å². The summed E-state index contributed by atoms with van der Waals surface area (Å²) in [5.74, 6) is -0.845. The number of carbonyl (C=O) groups excluding carboxylic acids is 2. The lowest BCUT2D eigenvalue weighted by atomic mass is 10.1. The second-order valence-corrected chi connectivity index (χ2v) is 7.73. The number of hydrogen-bond acceptors (Lipinski definition) is 6. The molecule has 0 aliphatic carbocycles. The number of aromatic amines is 1. The zero-order valence-corrected chi connectivity index (χ0v) is 18.3. The second kappa shape index (κ2) is 9.08. The van der Waals surface area contributed by atoms with E-state index in [1.54, 1.807) is 30.3 Å². The van der Waals surface area contributed by atoms with E-state index in [1.165, 1.54) is 20.1 Å². The average Bonchev–Trinajstić information content (AvgIpc) is 2.65. The molecule has 0 aliphatic heterocycles. The molecule has 154 valence electrons. The van der Waals surface area contributed by atoms with Crippen molar-refractivity contribution in [3.05, 3.63) is 61.4 Å². The van der Waals surface area contributed by atoms with Gasteiger partial charge in [-0.25, -0.2) is 0 Å². The number of H-pyrrole nitrogens is 1. The number of nitrogens with one attached hydrogen (secondary N) is 2. The summed E-state index contributed by atoms with van der Waals surface area (Å²) >= 11 is 2.13. The van der Waals surface area contributed by atoms with Gasteiger partial charge in [0, 0.05) is 34.4 Å². The number of ether oxygens (including phenoxy) is 1. The number of nitrogens with zero attached hydrogens (tertiary/aromatic N) is 1. The molecule has 8 nitrogen and oxygen atoms in total. The first kappa shape index (κ1) is 21.5. The van der Waals surface area contributed by atoms with E-state index in [-0.39, 0.29) is 29.6 Å². The molecule has 3 rings (SSSR count). The molecule has 0 bridgehead atoms. The fraction of sp³-hybridized carbons (Fsp3) is 0.143. The van der Waals surface area contributed by atoms with E-state index < -0.39 is 5.97 Å². The topological polar surface area (TPSA) is 121 Å². The summed E-state index contributed by atoms with van der Waals surface area (Å²) in [6.45, 7) is 2.85. The van der Waals surface area contributed by atoms with Crippen LogP contribution < -0.4 is 15.6 Å². The highest BCUT2D eigenvalue weighted by Gasteiger charge is 2.11. The maximum atomic E-state index is 12.1. The van der Waals surface area contributed by atoms with Gasteiger partial charge >= 0.3 is 5.97 Å². The molecule has 0 spiro atoms. The number of aromatic hydroxyl groups is 1. The molecule has 3 aromatic rings. The first-order valence-electron chi connectivity index (χ1n) is 8.88. The van der Waals surface area contributed by atoms with Crippen LogP contribution in [0.15, 0.2) is 46.2 Å².